The molecule has 1 aliphatic heterocycles. The van der Waals surface area contributed by atoms with E-state index in [0.717, 1.165) is 17.8 Å². The summed E-state index contributed by atoms with van der Waals surface area (Å²) in [4.78, 5) is 9.57. The second-order valence-electron chi connectivity index (χ2n) is 5.94. The van der Waals surface area contributed by atoms with Crippen molar-refractivity contribution in [3.8, 4) is 0 Å². The van der Waals surface area contributed by atoms with Crippen LogP contribution in [-0.2, 0) is 6.54 Å². The summed E-state index contributed by atoms with van der Waals surface area (Å²) in [5.41, 5.74) is 3.61. The topological polar surface area (TPSA) is 19.4 Å². The summed E-state index contributed by atoms with van der Waals surface area (Å²) >= 11 is 0. The molecular formula is C17H23N3. The van der Waals surface area contributed by atoms with Crippen molar-refractivity contribution in [1.29, 1.82) is 0 Å². The Bertz CT molecular complexity index is 586. The summed E-state index contributed by atoms with van der Waals surface area (Å²) in [5, 5.41) is 1.25. The van der Waals surface area contributed by atoms with E-state index >= 15 is 0 Å². The highest BCUT2D eigenvalue weighted by Crippen LogP contribution is 2.28. The highest BCUT2D eigenvalue weighted by molar-refractivity contribution is 5.91. The van der Waals surface area contributed by atoms with Crippen LogP contribution in [0.1, 0.15) is 25.0 Å². The van der Waals surface area contributed by atoms with E-state index in [9.17, 15) is 0 Å². The second-order valence-corrected chi connectivity index (χ2v) is 5.94. The molecule has 0 bridgehead atoms. The van der Waals surface area contributed by atoms with Gasteiger partial charge in [0.2, 0.25) is 0 Å². The molecule has 0 amide bonds. The molecule has 0 N–H and O–H groups in total. The number of anilines is 1. The van der Waals surface area contributed by atoms with E-state index in [1.165, 1.54) is 43.4 Å². The van der Waals surface area contributed by atoms with Crippen molar-refractivity contribution >= 4 is 16.6 Å². The van der Waals surface area contributed by atoms with Crippen LogP contribution >= 0.6 is 0 Å². The highest BCUT2D eigenvalue weighted by Gasteiger charge is 2.14. The lowest BCUT2D eigenvalue weighted by Gasteiger charge is -2.29. The number of pyridine rings is 1. The molecule has 0 atom stereocenters. The Hall–Kier alpha value is -1.61. The largest absolute Gasteiger partial charge is 0.370 e. The van der Waals surface area contributed by atoms with Crippen molar-refractivity contribution in [1.82, 2.24) is 9.88 Å². The maximum absolute atomic E-state index is 4.91. The summed E-state index contributed by atoms with van der Waals surface area (Å²) in [5.74, 6) is 0. The van der Waals surface area contributed by atoms with Gasteiger partial charge in [-0.1, -0.05) is 18.2 Å². The van der Waals surface area contributed by atoms with Crippen LogP contribution in [0.5, 0.6) is 0 Å². The first-order valence-electron chi connectivity index (χ1n) is 7.52. The van der Waals surface area contributed by atoms with Crippen LogP contribution in [0.2, 0.25) is 0 Å². The quantitative estimate of drug-likeness (QED) is 0.852. The average molecular weight is 269 g/mol. The van der Waals surface area contributed by atoms with E-state index in [2.05, 4.69) is 54.2 Å². The van der Waals surface area contributed by atoms with Gasteiger partial charge in [0.15, 0.2) is 0 Å². The molecule has 1 aliphatic rings. The smallest absolute Gasteiger partial charge is 0.0939 e. The zero-order chi connectivity index (χ0) is 13.9. The lowest BCUT2D eigenvalue weighted by molar-refractivity contribution is 0.397. The Morgan fingerprint density at radius 3 is 2.60 bits per heavy atom. The van der Waals surface area contributed by atoms with Crippen molar-refractivity contribution in [3.05, 3.63) is 36.0 Å². The van der Waals surface area contributed by atoms with E-state index in [1.54, 1.807) is 0 Å². The SMILES string of the molecule is CN(C)Cc1ccc2cccc(N3CCCCC3)c2n1. The molecule has 106 valence electrons. The van der Waals surface area contributed by atoms with Crippen molar-refractivity contribution in [2.75, 3.05) is 32.1 Å². The van der Waals surface area contributed by atoms with Gasteiger partial charge < -0.3 is 9.80 Å². The number of hydrogen-bond acceptors (Lipinski definition) is 3. The Labute approximate surface area is 121 Å². The summed E-state index contributed by atoms with van der Waals surface area (Å²) in [6, 6.07) is 10.9. The van der Waals surface area contributed by atoms with E-state index in [0.29, 0.717) is 0 Å². The van der Waals surface area contributed by atoms with Crippen LogP contribution in [0.4, 0.5) is 5.69 Å². The van der Waals surface area contributed by atoms with Gasteiger partial charge in [-0.2, -0.15) is 0 Å². The van der Waals surface area contributed by atoms with E-state index < -0.39 is 0 Å². The average Bonchev–Trinajstić information content (AvgIpc) is 2.47. The Morgan fingerprint density at radius 2 is 1.85 bits per heavy atom. The zero-order valence-corrected chi connectivity index (χ0v) is 12.5. The number of nitrogens with zero attached hydrogens (tertiary/aromatic N) is 3. The number of aromatic nitrogens is 1. The normalized spacial score (nSPS) is 16.1. The molecule has 20 heavy (non-hydrogen) atoms. The molecule has 3 heteroatoms. The van der Waals surface area contributed by atoms with Crippen molar-refractivity contribution in [3.63, 3.8) is 0 Å². The standard InChI is InChI=1S/C17H23N3/c1-19(2)13-15-10-9-14-7-6-8-16(17(14)18-15)20-11-4-3-5-12-20/h6-10H,3-5,11-13H2,1-2H3. The maximum Gasteiger partial charge on any atom is 0.0939 e. The van der Waals surface area contributed by atoms with Crippen molar-refractivity contribution in [2.24, 2.45) is 0 Å². The van der Waals surface area contributed by atoms with Crippen LogP contribution < -0.4 is 4.90 Å². The lowest BCUT2D eigenvalue weighted by atomic mass is 10.1. The van der Waals surface area contributed by atoms with Gasteiger partial charge >= 0.3 is 0 Å². The van der Waals surface area contributed by atoms with Crippen LogP contribution in [0, 0.1) is 0 Å². The summed E-state index contributed by atoms with van der Waals surface area (Å²) in [6.07, 6.45) is 3.96. The van der Waals surface area contributed by atoms with Crippen LogP contribution in [0.25, 0.3) is 10.9 Å². The van der Waals surface area contributed by atoms with E-state index in [4.69, 9.17) is 4.98 Å². The number of rotatable bonds is 3. The number of para-hydroxylation sites is 1. The van der Waals surface area contributed by atoms with Crippen LogP contribution in [0.15, 0.2) is 30.3 Å². The molecule has 0 saturated carbocycles. The first-order valence-corrected chi connectivity index (χ1v) is 7.52. The van der Waals surface area contributed by atoms with Crippen LogP contribution in [0.3, 0.4) is 0 Å². The molecule has 3 rings (SSSR count). The molecule has 1 aromatic carbocycles. The number of hydrogen-bond donors (Lipinski definition) is 0. The molecule has 0 spiro atoms. The van der Waals surface area contributed by atoms with Gasteiger partial charge in [0, 0.05) is 25.0 Å². The minimum absolute atomic E-state index is 0.893. The molecule has 3 nitrogen and oxygen atoms in total. The molecule has 2 aromatic rings. The van der Waals surface area contributed by atoms with Gasteiger partial charge in [-0.15, -0.1) is 0 Å². The fourth-order valence-electron chi connectivity index (χ4n) is 2.97. The molecule has 0 aliphatic carbocycles. The predicted octanol–water partition coefficient (Wildman–Crippen LogP) is 3.29. The third-order valence-corrected chi connectivity index (χ3v) is 3.93. The maximum atomic E-state index is 4.91. The molecule has 1 aromatic heterocycles. The van der Waals surface area contributed by atoms with Gasteiger partial charge in [0.25, 0.3) is 0 Å². The molecular weight excluding hydrogens is 246 g/mol. The second kappa shape index (κ2) is 5.80. The monoisotopic (exact) mass is 269 g/mol. The number of benzene rings is 1. The minimum atomic E-state index is 0.893. The van der Waals surface area contributed by atoms with Gasteiger partial charge in [0.1, 0.15) is 0 Å². The Balaban J connectivity index is 2.01. The number of piperidine rings is 1. The van der Waals surface area contributed by atoms with Gasteiger partial charge in [-0.25, -0.2) is 4.98 Å². The minimum Gasteiger partial charge on any atom is -0.370 e. The molecule has 1 fully saturated rings. The van der Waals surface area contributed by atoms with Crippen molar-refractivity contribution in [2.45, 2.75) is 25.8 Å². The Morgan fingerprint density at radius 1 is 1.05 bits per heavy atom. The summed E-state index contributed by atoms with van der Waals surface area (Å²) in [7, 11) is 4.17. The van der Waals surface area contributed by atoms with Gasteiger partial charge in [-0.05, 0) is 45.5 Å². The fourth-order valence-corrected chi connectivity index (χ4v) is 2.97. The fraction of sp³-hybridized carbons (Fsp3) is 0.471. The molecule has 2 heterocycles. The third-order valence-electron chi connectivity index (χ3n) is 3.93. The summed E-state index contributed by atoms with van der Waals surface area (Å²) < 4.78 is 0. The summed E-state index contributed by atoms with van der Waals surface area (Å²) in [6.45, 7) is 3.22. The first-order chi connectivity index (χ1) is 9.74. The molecule has 0 unspecified atom stereocenters. The zero-order valence-electron chi connectivity index (χ0n) is 12.5. The first kappa shape index (κ1) is 13.4. The highest BCUT2D eigenvalue weighted by atomic mass is 15.1. The van der Waals surface area contributed by atoms with E-state index in [1.807, 2.05) is 0 Å². The van der Waals surface area contributed by atoms with E-state index in [-0.39, 0.29) is 0 Å². The third kappa shape index (κ3) is 2.78. The van der Waals surface area contributed by atoms with Crippen LogP contribution in [-0.4, -0.2) is 37.1 Å². The Kier molecular flexibility index (Phi) is 3.88. The predicted molar refractivity (Wildman–Crippen MR) is 85.2 cm³/mol. The van der Waals surface area contributed by atoms with Gasteiger partial charge in [-0.3, -0.25) is 0 Å². The van der Waals surface area contributed by atoms with Crippen molar-refractivity contribution < 1.29 is 0 Å². The molecule has 0 radical (unpaired) electrons. The number of fused-ring (bicyclic) bond motifs is 1. The molecule has 1 saturated heterocycles. The van der Waals surface area contributed by atoms with Gasteiger partial charge in [0.05, 0.1) is 16.9 Å². The lowest BCUT2D eigenvalue weighted by Crippen LogP contribution is -2.29.